The Kier molecular flexibility index (Phi) is 5.96. The SMILES string of the molecule is CCCNC(Cc1ccncc1)Cc1ccncc1Cl. The van der Waals surface area contributed by atoms with Gasteiger partial charge in [0.05, 0.1) is 5.02 Å². The fraction of sp³-hybridized carbons (Fsp3) is 0.375. The van der Waals surface area contributed by atoms with Crippen LogP contribution in [0.25, 0.3) is 0 Å². The van der Waals surface area contributed by atoms with Gasteiger partial charge in [0.2, 0.25) is 0 Å². The zero-order valence-corrected chi connectivity index (χ0v) is 12.5. The predicted molar refractivity (Wildman–Crippen MR) is 83.0 cm³/mol. The zero-order chi connectivity index (χ0) is 14.2. The summed E-state index contributed by atoms with van der Waals surface area (Å²) in [6, 6.07) is 6.50. The fourth-order valence-electron chi connectivity index (χ4n) is 2.20. The summed E-state index contributed by atoms with van der Waals surface area (Å²) in [5, 5.41) is 4.34. The lowest BCUT2D eigenvalue weighted by Crippen LogP contribution is -2.34. The maximum atomic E-state index is 6.21. The van der Waals surface area contributed by atoms with Crippen molar-refractivity contribution in [1.82, 2.24) is 15.3 Å². The van der Waals surface area contributed by atoms with E-state index in [1.165, 1.54) is 5.56 Å². The maximum absolute atomic E-state index is 6.21. The van der Waals surface area contributed by atoms with Crippen LogP contribution in [0.2, 0.25) is 5.02 Å². The van der Waals surface area contributed by atoms with Crippen LogP contribution in [-0.2, 0) is 12.8 Å². The first-order valence-electron chi connectivity index (χ1n) is 7.00. The third-order valence-corrected chi connectivity index (χ3v) is 3.58. The van der Waals surface area contributed by atoms with Crippen molar-refractivity contribution in [3.63, 3.8) is 0 Å². The summed E-state index contributed by atoms with van der Waals surface area (Å²) in [7, 11) is 0. The van der Waals surface area contributed by atoms with E-state index >= 15 is 0 Å². The molecule has 0 aromatic carbocycles. The highest BCUT2D eigenvalue weighted by Crippen LogP contribution is 2.17. The van der Waals surface area contributed by atoms with Crippen molar-refractivity contribution in [3.8, 4) is 0 Å². The number of pyridine rings is 2. The lowest BCUT2D eigenvalue weighted by Gasteiger charge is -2.19. The highest BCUT2D eigenvalue weighted by atomic mass is 35.5. The summed E-state index contributed by atoms with van der Waals surface area (Å²) in [5.41, 5.74) is 2.43. The maximum Gasteiger partial charge on any atom is 0.0621 e. The van der Waals surface area contributed by atoms with Crippen LogP contribution >= 0.6 is 11.6 Å². The van der Waals surface area contributed by atoms with E-state index in [1.807, 2.05) is 18.5 Å². The Morgan fingerprint density at radius 1 is 1.10 bits per heavy atom. The Hall–Kier alpha value is -1.45. The van der Waals surface area contributed by atoms with Crippen molar-refractivity contribution in [2.45, 2.75) is 32.2 Å². The molecule has 2 heterocycles. The van der Waals surface area contributed by atoms with Crippen LogP contribution < -0.4 is 5.32 Å². The summed E-state index contributed by atoms with van der Waals surface area (Å²) in [4.78, 5) is 8.10. The smallest absolute Gasteiger partial charge is 0.0621 e. The van der Waals surface area contributed by atoms with Crippen LogP contribution in [0.3, 0.4) is 0 Å². The first kappa shape index (κ1) is 14.9. The Morgan fingerprint density at radius 2 is 1.85 bits per heavy atom. The third kappa shape index (κ3) is 4.58. The van der Waals surface area contributed by atoms with Crippen molar-refractivity contribution in [3.05, 3.63) is 59.1 Å². The zero-order valence-electron chi connectivity index (χ0n) is 11.7. The van der Waals surface area contributed by atoms with Crippen molar-refractivity contribution in [2.75, 3.05) is 6.54 Å². The van der Waals surface area contributed by atoms with Gasteiger partial charge in [-0.05, 0) is 55.1 Å². The number of aromatic nitrogens is 2. The van der Waals surface area contributed by atoms with Gasteiger partial charge in [-0.2, -0.15) is 0 Å². The average Bonchev–Trinajstić information content (AvgIpc) is 2.48. The van der Waals surface area contributed by atoms with Gasteiger partial charge < -0.3 is 5.32 Å². The van der Waals surface area contributed by atoms with Gasteiger partial charge in [-0.3, -0.25) is 9.97 Å². The molecule has 0 radical (unpaired) electrons. The van der Waals surface area contributed by atoms with Crippen LogP contribution in [0.15, 0.2) is 43.0 Å². The number of nitrogens with zero attached hydrogens (tertiary/aromatic N) is 2. The van der Waals surface area contributed by atoms with E-state index in [-0.39, 0.29) is 0 Å². The number of nitrogens with one attached hydrogen (secondary N) is 1. The molecule has 1 atom stereocenters. The van der Waals surface area contributed by atoms with Crippen LogP contribution in [-0.4, -0.2) is 22.6 Å². The molecule has 4 heteroatoms. The standard InChI is InChI=1S/C16H20ClN3/c1-2-6-20-15(10-13-3-7-18-8-4-13)11-14-5-9-19-12-16(14)17/h3-5,7-9,12,15,20H,2,6,10-11H2,1H3. The molecule has 1 unspecified atom stereocenters. The predicted octanol–water partition coefficient (Wildman–Crippen LogP) is 3.28. The lowest BCUT2D eigenvalue weighted by atomic mass is 10.00. The van der Waals surface area contributed by atoms with Crippen molar-refractivity contribution in [2.24, 2.45) is 0 Å². The number of hydrogen-bond donors (Lipinski definition) is 1. The van der Waals surface area contributed by atoms with Crippen molar-refractivity contribution < 1.29 is 0 Å². The van der Waals surface area contributed by atoms with Gasteiger partial charge in [-0.25, -0.2) is 0 Å². The van der Waals surface area contributed by atoms with E-state index in [4.69, 9.17) is 11.6 Å². The molecular weight excluding hydrogens is 270 g/mol. The minimum Gasteiger partial charge on any atom is -0.313 e. The molecule has 106 valence electrons. The van der Waals surface area contributed by atoms with Gasteiger partial charge in [0.15, 0.2) is 0 Å². The van der Waals surface area contributed by atoms with Crippen LogP contribution in [0.1, 0.15) is 24.5 Å². The molecule has 0 aliphatic carbocycles. The molecule has 2 aromatic heterocycles. The first-order valence-corrected chi connectivity index (χ1v) is 7.38. The number of rotatable bonds is 7. The Balaban J connectivity index is 2.05. The van der Waals surface area contributed by atoms with Gasteiger partial charge in [-0.1, -0.05) is 18.5 Å². The normalized spacial score (nSPS) is 12.3. The second-order valence-electron chi connectivity index (χ2n) is 4.88. The molecule has 0 spiro atoms. The topological polar surface area (TPSA) is 37.8 Å². The molecule has 0 aliphatic rings. The molecule has 20 heavy (non-hydrogen) atoms. The molecule has 3 nitrogen and oxygen atoms in total. The summed E-state index contributed by atoms with van der Waals surface area (Å²) < 4.78 is 0. The molecule has 0 saturated carbocycles. The van der Waals surface area contributed by atoms with E-state index in [2.05, 4.69) is 34.3 Å². The summed E-state index contributed by atoms with van der Waals surface area (Å²) in [6.45, 7) is 3.19. The van der Waals surface area contributed by atoms with Crippen molar-refractivity contribution in [1.29, 1.82) is 0 Å². The van der Waals surface area contributed by atoms with Gasteiger partial charge in [-0.15, -0.1) is 0 Å². The highest BCUT2D eigenvalue weighted by molar-refractivity contribution is 6.31. The molecule has 2 aromatic rings. The van der Waals surface area contributed by atoms with Gasteiger partial charge in [0, 0.05) is 30.8 Å². The van der Waals surface area contributed by atoms with Gasteiger partial charge in [0.25, 0.3) is 0 Å². The van der Waals surface area contributed by atoms with Crippen LogP contribution in [0, 0.1) is 0 Å². The molecule has 0 fully saturated rings. The van der Waals surface area contributed by atoms with Crippen LogP contribution in [0.5, 0.6) is 0 Å². The van der Waals surface area contributed by atoms with Crippen LogP contribution in [0.4, 0.5) is 0 Å². The minimum atomic E-state index is 0.372. The molecule has 0 aliphatic heterocycles. The molecule has 0 amide bonds. The molecule has 1 N–H and O–H groups in total. The second kappa shape index (κ2) is 7.98. The molecular formula is C16H20ClN3. The van der Waals surface area contributed by atoms with E-state index in [0.29, 0.717) is 6.04 Å². The van der Waals surface area contributed by atoms with E-state index in [1.54, 1.807) is 12.4 Å². The van der Waals surface area contributed by atoms with E-state index in [0.717, 1.165) is 36.4 Å². The Bertz CT molecular complexity index is 516. The third-order valence-electron chi connectivity index (χ3n) is 3.24. The molecule has 0 saturated heterocycles. The summed E-state index contributed by atoms with van der Waals surface area (Å²) in [5.74, 6) is 0. The lowest BCUT2D eigenvalue weighted by molar-refractivity contribution is 0.504. The average molecular weight is 290 g/mol. The largest absolute Gasteiger partial charge is 0.313 e. The summed E-state index contributed by atoms with van der Waals surface area (Å²) >= 11 is 6.21. The monoisotopic (exact) mass is 289 g/mol. The van der Waals surface area contributed by atoms with E-state index < -0.39 is 0 Å². The summed E-state index contributed by atoms with van der Waals surface area (Å²) in [6.07, 6.45) is 10.2. The fourth-order valence-corrected chi connectivity index (χ4v) is 2.40. The quantitative estimate of drug-likeness (QED) is 0.850. The Morgan fingerprint density at radius 3 is 2.55 bits per heavy atom. The number of halogens is 1. The first-order chi connectivity index (χ1) is 9.79. The van der Waals surface area contributed by atoms with Gasteiger partial charge in [0.1, 0.15) is 0 Å². The highest BCUT2D eigenvalue weighted by Gasteiger charge is 2.12. The number of hydrogen-bond acceptors (Lipinski definition) is 3. The second-order valence-corrected chi connectivity index (χ2v) is 5.29. The van der Waals surface area contributed by atoms with Gasteiger partial charge >= 0.3 is 0 Å². The Labute approximate surface area is 125 Å². The molecule has 2 rings (SSSR count). The minimum absolute atomic E-state index is 0.372. The van der Waals surface area contributed by atoms with E-state index in [9.17, 15) is 0 Å². The molecule has 0 bridgehead atoms. The van der Waals surface area contributed by atoms with Crippen molar-refractivity contribution >= 4 is 11.6 Å².